The first-order valence-corrected chi connectivity index (χ1v) is 10.6. The second kappa shape index (κ2) is 8.12. The Morgan fingerprint density at radius 1 is 1.23 bits per heavy atom. The summed E-state index contributed by atoms with van der Waals surface area (Å²) in [6, 6.07) is 5.43. The number of fused-ring (bicyclic) bond motifs is 1. The van der Waals surface area contributed by atoms with Crippen LogP contribution in [0.5, 0.6) is 0 Å². The molecule has 0 unspecified atom stereocenters. The predicted molar refractivity (Wildman–Crippen MR) is 119 cm³/mol. The second-order valence-corrected chi connectivity index (χ2v) is 8.96. The zero-order valence-corrected chi connectivity index (χ0v) is 18.0. The van der Waals surface area contributed by atoms with Gasteiger partial charge in [0.1, 0.15) is 22.1 Å². The third-order valence-corrected chi connectivity index (χ3v) is 6.65. The fourth-order valence-electron chi connectivity index (χ4n) is 3.67. The second-order valence-electron chi connectivity index (χ2n) is 7.57. The summed E-state index contributed by atoms with van der Waals surface area (Å²) in [6.07, 6.45) is -1.73. The van der Waals surface area contributed by atoms with Gasteiger partial charge in [0.25, 0.3) is 0 Å². The maximum Gasteiger partial charge on any atom is 0.223 e. The van der Waals surface area contributed by atoms with Crippen molar-refractivity contribution in [3.05, 3.63) is 23.4 Å². The summed E-state index contributed by atoms with van der Waals surface area (Å²) in [5.41, 5.74) is 8.15. The number of thiazole rings is 1. The van der Waals surface area contributed by atoms with E-state index in [1.807, 2.05) is 37.2 Å². The van der Waals surface area contributed by atoms with Crippen molar-refractivity contribution in [2.45, 2.75) is 24.7 Å². The Labute approximate surface area is 182 Å². The van der Waals surface area contributed by atoms with Crippen LogP contribution >= 0.6 is 22.9 Å². The van der Waals surface area contributed by atoms with Gasteiger partial charge in [0.2, 0.25) is 5.95 Å². The van der Waals surface area contributed by atoms with Crippen LogP contribution in [-0.2, 0) is 0 Å². The number of nitrogens with one attached hydrogen (secondary N) is 1. The molecule has 4 rings (SSSR count). The van der Waals surface area contributed by atoms with E-state index in [9.17, 15) is 15.3 Å². The fraction of sp³-hybridized carbons (Fsp3) is 0.421. The Bertz CT molecular complexity index is 1080. The van der Waals surface area contributed by atoms with Gasteiger partial charge in [0.15, 0.2) is 0 Å². The molecule has 11 heteroatoms. The van der Waals surface area contributed by atoms with Gasteiger partial charge in [-0.15, -0.1) is 11.3 Å². The highest BCUT2D eigenvalue weighted by Gasteiger charge is 2.41. The van der Waals surface area contributed by atoms with Crippen LogP contribution in [0.3, 0.4) is 0 Å². The van der Waals surface area contributed by atoms with Gasteiger partial charge in [-0.1, -0.05) is 11.6 Å². The Morgan fingerprint density at radius 3 is 2.67 bits per heavy atom. The molecule has 1 aliphatic rings. The van der Waals surface area contributed by atoms with Gasteiger partial charge in [0.05, 0.1) is 27.9 Å². The number of nitrogens with zero attached hydrogens (tertiary/aromatic N) is 4. The van der Waals surface area contributed by atoms with Crippen molar-refractivity contribution in [3.8, 4) is 10.6 Å². The zero-order valence-electron chi connectivity index (χ0n) is 16.4. The molecular formula is C19H23ClN6O3S. The average Bonchev–Trinajstić information content (AvgIpc) is 3.22. The smallest absolute Gasteiger partial charge is 0.223 e. The highest BCUT2D eigenvalue weighted by Crippen LogP contribution is 2.40. The minimum atomic E-state index is -1.07. The van der Waals surface area contributed by atoms with Crippen LogP contribution in [0.4, 0.5) is 17.5 Å². The Morgan fingerprint density at radius 2 is 2.00 bits per heavy atom. The number of aliphatic hydroxyl groups is 3. The van der Waals surface area contributed by atoms with E-state index in [4.69, 9.17) is 17.3 Å². The van der Waals surface area contributed by atoms with Crippen molar-refractivity contribution in [2.24, 2.45) is 5.92 Å². The first-order chi connectivity index (χ1) is 14.3. The molecule has 2 aromatic heterocycles. The molecule has 0 radical (unpaired) electrons. The normalized spacial score (nSPS) is 23.8. The first kappa shape index (κ1) is 21.0. The van der Waals surface area contributed by atoms with Crippen LogP contribution in [0.15, 0.2) is 18.2 Å². The van der Waals surface area contributed by atoms with E-state index in [2.05, 4.69) is 20.3 Å². The number of benzene rings is 1. The minimum Gasteiger partial charge on any atom is -0.396 e. The molecule has 0 spiro atoms. The lowest BCUT2D eigenvalue weighted by molar-refractivity contribution is 0.00446. The number of hydrogen-bond donors (Lipinski definition) is 5. The maximum absolute atomic E-state index is 10.4. The number of nitrogens with two attached hydrogens (primary N) is 1. The quantitative estimate of drug-likeness (QED) is 0.366. The molecule has 1 aromatic carbocycles. The van der Waals surface area contributed by atoms with Crippen LogP contribution < -0.4 is 16.0 Å². The topological polar surface area (TPSA) is 141 Å². The Balaban J connectivity index is 1.75. The van der Waals surface area contributed by atoms with Gasteiger partial charge in [-0.2, -0.15) is 4.98 Å². The van der Waals surface area contributed by atoms with E-state index >= 15 is 0 Å². The molecule has 2 heterocycles. The van der Waals surface area contributed by atoms with Gasteiger partial charge in [-0.05, 0) is 24.6 Å². The standard InChI is InChI=1S/C19H23ClN6O3S/c1-26(2)9-3-4-10-12(6-9)30-18(23-10)13-16(20)24-19(21)25-17(13)22-11-5-8(7-27)14(28)15(11)29/h3-4,6,8,11,14-15,27-29H,5,7H2,1-2H3,(H3,21,22,24,25)/t8-,11-,14-,15+/m1/s1. The van der Waals surface area contributed by atoms with Crippen molar-refractivity contribution < 1.29 is 15.3 Å². The SMILES string of the molecule is CN(C)c1ccc2nc(-c3c(Cl)nc(N)nc3N[C@@H]3C[C@H](CO)[C@@H](O)[C@H]3O)sc2c1. The lowest BCUT2D eigenvalue weighted by Crippen LogP contribution is -2.35. The summed E-state index contributed by atoms with van der Waals surface area (Å²) in [6.45, 7) is -0.220. The maximum atomic E-state index is 10.4. The summed E-state index contributed by atoms with van der Waals surface area (Å²) in [5, 5.41) is 33.8. The van der Waals surface area contributed by atoms with Crippen molar-refractivity contribution in [2.75, 3.05) is 36.7 Å². The third kappa shape index (κ3) is 3.77. The molecule has 0 aliphatic heterocycles. The van der Waals surface area contributed by atoms with Crippen LogP contribution in [0.25, 0.3) is 20.8 Å². The lowest BCUT2D eigenvalue weighted by Gasteiger charge is -2.20. The van der Waals surface area contributed by atoms with E-state index < -0.39 is 24.2 Å². The average molecular weight is 451 g/mol. The van der Waals surface area contributed by atoms with Crippen LogP contribution in [0, 0.1) is 5.92 Å². The first-order valence-electron chi connectivity index (χ1n) is 9.43. The molecule has 0 saturated heterocycles. The number of aliphatic hydroxyl groups excluding tert-OH is 3. The third-order valence-electron chi connectivity index (χ3n) is 5.34. The number of halogens is 1. The summed E-state index contributed by atoms with van der Waals surface area (Å²) in [5.74, 6) is -0.120. The molecule has 30 heavy (non-hydrogen) atoms. The molecule has 1 saturated carbocycles. The van der Waals surface area contributed by atoms with E-state index in [1.54, 1.807) is 0 Å². The Kier molecular flexibility index (Phi) is 5.69. The summed E-state index contributed by atoms with van der Waals surface area (Å²) in [7, 11) is 3.94. The highest BCUT2D eigenvalue weighted by atomic mass is 35.5. The van der Waals surface area contributed by atoms with Gasteiger partial charge in [-0.3, -0.25) is 0 Å². The van der Waals surface area contributed by atoms with Crippen LogP contribution in [-0.4, -0.2) is 69.2 Å². The largest absolute Gasteiger partial charge is 0.396 e. The molecule has 0 bridgehead atoms. The van der Waals surface area contributed by atoms with Crippen molar-refractivity contribution >= 4 is 50.6 Å². The van der Waals surface area contributed by atoms with Crippen LogP contribution in [0.1, 0.15) is 6.42 Å². The lowest BCUT2D eigenvalue weighted by atomic mass is 10.1. The number of nitrogen functional groups attached to an aromatic ring is 1. The van der Waals surface area contributed by atoms with E-state index in [-0.39, 0.29) is 17.7 Å². The fourth-order valence-corrected chi connectivity index (χ4v) is 5.03. The predicted octanol–water partition coefficient (Wildman–Crippen LogP) is 1.57. The van der Waals surface area contributed by atoms with Crippen molar-refractivity contribution in [1.82, 2.24) is 15.0 Å². The van der Waals surface area contributed by atoms with Crippen molar-refractivity contribution in [1.29, 1.82) is 0 Å². The molecule has 3 aromatic rings. The monoisotopic (exact) mass is 450 g/mol. The highest BCUT2D eigenvalue weighted by molar-refractivity contribution is 7.21. The number of aromatic nitrogens is 3. The molecule has 1 fully saturated rings. The number of hydrogen-bond acceptors (Lipinski definition) is 10. The van der Waals surface area contributed by atoms with E-state index in [1.165, 1.54) is 11.3 Å². The zero-order chi connectivity index (χ0) is 21.6. The van der Waals surface area contributed by atoms with Crippen molar-refractivity contribution in [3.63, 3.8) is 0 Å². The van der Waals surface area contributed by atoms with Gasteiger partial charge in [0, 0.05) is 32.3 Å². The van der Waals surface area contributed by atoms with E-state index in [0.717, 1.165) is 15.9 Å². The number of anilines is 3. The number of rotatable bonds is 5. The molecule has 6 N–H and O–H groups in total. The van der Waals surface area contributed by atoms with E-state index in [0.29, 0.717) is 22.8 Å². The minimum absolute atomic E-state index is 0.0194. The molecule has 4 atom stereocenters. The van der Waals surface area contributed by atoms with Gasteiger partial charge >= 0.3 is 0 Å². The van der Waals surface area contributed by atoms with Gasteiger partial charge in [-0.25, -0.2) is 9.97 Å². The molecular weight excluding hydrogens is 428 g/mol. The molecule has 0 amide bonds. The molecule has 160 valence electrons. The Hall–Kier alpha value is -2.24. The summed E-state index contributed by atoms with van der Waals surface area (Å²) >= 11 is 7.87. The summed E-state index contributed by atoms with van der Waals surface area (Å²) < 4.78 is 0.978. The van der Waals surface area contributed by atoms with Crippen LogP contribution in [0.2, 0.25) is 5.15 Å². The summed E-state index contributed by atoms with van der Waals surface area (Å²) in [4.78, 5) is 15.0. The molecule has 9 nitrogen and oxygen atoms in total. The molecule has 1 aliphatic carbocycles. The van der Waals surface area contributed by atoms with Gasteiger partial charge < -0.3 is 31.3 Å².